The molecular weight excluding hydrogens is 256 g/mol. The summed E-state index contributed by atoms with van der Waals surface area (Å²) in [5, 5.41) is 0. The van der Waals surface area contributed by atoms with E-state index in [4.69, 9.17) is 16.6 Å². The van der Waals surface area contributed by atoms with E-state index >= 15 is 0 Å². The molecule has 1 aliphatic rings. The lowest BCUT2D eigenvalue weighted by Crippen LogP contribution is -2.05. The third-order valence-corrected chi connectivity index (χ3v) is 5.56. The molecule has 0 aliphatic heterocycles. The summed E-state index contributed by atoms with van der Waals surface area (Å²) in [4.78, 5) is 4.75. The first-order chi connectivity index (χ1) is 8.82. The molecule has 0 N–H and O–H groups in total. The second-order valence-electron chi connectivity index (χ2n) is 6.82. The Morgan fingerprint density at radius 3 is 2.37 bits per heavy atom. The van der Waals surface area contributed by atoms with Gasteiger partial charge < -0.3 is 4.57 Å². The maximum atomic E-state index is 6.13. The summed E-state index contributed by atoms with van der Waals surface area (Å²) in [6, 6.07) is 6.85. The maximum absolute atomic E-state index is 6.13. The Hall–Kier alpha value is -1.02. The number of imidazole rings is 1. The maximum Gasteiger partial charge on any atom is 0.125 e. The standard InChI is InChI=1S/C16H21ClN2/c1-10-7-6-8-11-13(10)18-12(9-17)19(11)14-15(2,3)16(14,4)5/h6-8,14H,9H2,1-5H3. The normalized spacial score (nSPS) is 20.9. The van der Waals surface area contributed by atoms with Crippen LogP contribution in [-0.4, -0.2) is 9.55 Å². The molecule has 1 fully saturated rings. The van der Waals surface area contributed by atoms with Gasteiger partial charge in [-0.3, -0.25) is 0 Å². The number of alkyl halides is 1. The highest BCUT2D eigenvalue weighted by atomic mass is 35.5. The zero-order valence-corrected chi connectivity index (χ0v) is 13.0. The van der Waals surface area contributed by atoms with Crippen molar-refractivity contribution in [3.8, 4) is 0 Å². The number of aromatic nitrogens is 2. The van der Waals surface area contributed by atoms with Crippen molar-refractivity contribution in [1.82, 2.24) is 9.55 Å². The molecular formula is C16H21ClN2. The van der Waals surface area contributed by atoms with E-state index in [1.165, 1.54) is 11.1 Å². The minimum absolute atomic E-state index is 0.283. The van der Waals surface area contributed by atoms with Crippen LogP contribution in [0.25, 0.3) is 11.0 Å². The summed E-state index contributed by atoms with van der Waals surface area (Å²) >= 11 is 6.13. The average molecular weight is 277 g/mol. The number of fused-ring (bicyclic) bond motifs is 1. The van der Waals surface area contributed by atoms with Gasteiger partial charge in [0, 0.05) is 6.04 Å². The number of hydrogen-bond donors (Lipinski definition) is 0. The molecule has 1 aromatic carbocycles. The summed E-state index contributed by atoms with van der Waals surface area (Å²) in [6.45, 7) is 11.4. The van der Waals surface area contributed by atoms with Gasteiger partial charge in [-0.1, -0.05) is 39.8 Å². The number of hydrogen-bond acceptors (Lipinski definition) is 1. The van der Waals surface area contributed by atoms with E-state index < -0.39 is 0 Å². The van der Waals surface area contributed by atoms with Crippen LogP contribution in [0.5, 0.6) is 0 Å². The van der Waals surface area contributed by atoms with Crippen LogP contribution in [0.2, 0.25) is 0 Å². The van der Waals surface area contributed by atoms with Crippen molar-refractivity contribution < 1.29 is 0 Å². The number of rotatable bonds is 2. The van der Waals surface area contributed by atoms with Crippen molar-refractivity contribution >= 4 is 22.6 Å². The highest BCUT2D eigenvalue weighted by molar-refractivity contribution is 6.16. The van der Waals surface area contributed by atoms with Crippen molar-refractivity contribution in [3.63, 3.8) is 0 Å². The molecule has 1 aromatic heterocycles. The second-order valence-corrected chi connectivity index (χ2v) is 7.09. The molecule has 0 radical (unpaired) electrons. The van der Waals surface area contributed by atoms with E-state index in [1.807, 2.05) is 0 Å². The zero-order chi connectivity index (χ0) is 14.0. The third-order valence-electron chi connectivity index (χ3n) is 5.32. The first-order valence-corrected chi connectivity index (χ1v) is 7.38. The number of para-hydroxylation sites is 1. The first kappa shape index (κ1) is 13.0. The number of aryl methyl sites for hydroxylation is 1. The van der Waals surface area contributed by atoms with Crippen molar-refractivity contribution in [1.29, 1.82) is 0 Å². The Morgan fingerprint density at radius 1 is 1.21 bits per heavy atom. The van der Waals surface area contributed by atoms with Gasteiger partial charge in [0.15, 0.2) is 0 Å². The second kappa shape index (κ2) is 3.76. The van der Waals surface area contributed by atoms with E-state index in [-0.39, 0.29) is 10.8 Å². The van der Waals surface area contributed by atoms with Gasteiger partial charge in [0.1, 0.15) is 5.82 Å². The molecule has 19 heavy (non-hydrogen) atoms. The third kappa shape index (κ3) is 1.53. The lowest BCUT2D eigenvalue weighted by molar-refractivity contribution is 0.457. The smallest absolute Gasteiger partial charge is 0.125 e. The van der Waals surface area contributed by atoms with E-state index in [1.54, 1.807) is 0 Å². The monoisotopic (exact) mass is 276 g/mol. The van der Waals surface area contributed by atoms with Gasteiger partial charge in [0.25, 0.3) is 0 Å². The fraction of sp³-hybridized carbons (Fsp3) is 0.562. The molecule has 1 aliphatic carbocycles. The molecule has 2 nitrogen and oxygen atoms in total. The Labute approximate surface area is 119 Å². The van der Waals surface area contributed by atoms with Gasteiger partial charge in [-0.15, -0.1) is 11.6 Å². The minimum atomic E-state index is 0.283. The van der Waals surface area contributed by atoms with Crippen molar-refractivity contribution in [2.24, 2.45) is 10.8 Å². The molecule has 0 spiro atoms. The summed E-state index contributed by atoms with van der Waals surface area (Å²) in [5.41, 5.74) is 4.10. The van der Waals surface area contributed by atoms with Crippen LogP contribution in [0.15, 0.2) is 18.2 Å². The van der Waals surface area contributed by atoms with Crippen molar-refractivity contribution in [3.05, 3.63) is 29.6 Å². The van der Waals surface area contributed by atoms with Crippen molar-refractivity contribution in [2.45, 2.75) is 46.5 Å². The van der Waals surface area contributed by atoms with Crippen LogP contribution >= 0.6 is 11.6 Å². The van der Waals surface area contributed by atoms with Crippen LogP contribution in [-0.2, 0) is 5.88 Å². The summed E-state index contributed by atoms with van der Waals surface area (Å²) in [6.07, 6.45) is 0. The van der Waals surface area contributed by atoms with Gasteiger partial charge in [0.05, 0.1) is 16.9 Å². The van der Waals surface area contributed by atoms with E-state index in [0.29, 0.717) is 11.9 Å². The van der Waals surface area contributed by atoms with Crippen LogP contribution in [0.4, 0.5) is 0 Å². The Balaban J connectivity index is 2.27. The highest BCUT2D eigenvalue weighted by Gasteiger charge is 2.66. The quantitative estimate of drug-likeness (QED) is 0.728. The summed E-state index contributed by atoms with van der Waals surface area (Å²) < 4.78 is 2.37. The molecule has 3 heteroatoms. The predicted molar refractivity (Wildman–Crippen MR) is 80.6 cm³/mol. The Kier molecular flexibility index (Phi) is 2.57. The minimum Gasteiger partial charge on any atom is -0.323 e. The molecule has 3 rings (SSSR count). The molecule has 0 amide bonds. The van der Waals surface area contributed by atoms with Crippen LogP contribution in [0.3, 0.4) is 0 Å². The lowest BCUT2D eigenvalue weighted by Gasteiger charge is -2.10. The van der Waals surface area contributed by atoms with Gasteiger partial charge in [-0.2, -0.15) is 0 Å². The van der Waals surface area contributed by atoms with E-state index in [2.05, 4.69) is 57.4 Å². The molecule has 1 saturated carbocycles. The molecule has 2 aromatic rings. The molecule has 102 valence electrons. The van der Waals surface area contributed by atoms with E-state index in [0.717, 1.165) is 11.3 Å². The molecule has 0 atom stereocenters. The van der Waals surface area contributed by atoms with Crippen LogP contribution < -0.4 is 0 Å². The Bertz CT molecular complexity index is 638. The Morgan fingerprint density at radius 2 is 1.84 bits per heavy atom. The molecule has 0 unspecified atom stereocenters. The van der Waals surface area contributed by atoms with Gasteiger partial charge in [-0.25, -0.2) is 4.98 Å². The SMILES string of the molecule is Cc1cccc2c1nc(CCl)n2C1C(C)(C)C1(C)C. The van der Waals surface area contributed by atoms with Crippen LogP contribution in [0, 0.1) is 17.8 Å². The molecule has 0 bridgehead atoms. The van der Waals surface area contributed by atoms with Gasteiger partial charge in [-0.05, 0) is 29.4 Å². The van der Waals surface area contributed by atoms with Gasteiger partial charge in [0.2, 0.25) is 0 Å². The fourth-order valence-corrected chi connectivity index (χ4v) is 3.68. The molecule has 1 heterocycles. The van der Waals surface area contributed by atoms with E-state index in [9.17, 15) is 0 Å². The highest BCUT2D eigenvalue weighted by Crippen LogP contribution is 2.72. The predicted octanol–water partition coefficient (Wildman–Crippen LogP) is 4.69. The topological polar surface area (TPSA) is 17.8 Å². The first-order valence-electron chi connectivity index (χ1n) is 6.84. The summed E-state index contributed by atoms with van der Waals surface area (Å²) in [5.74, 6) is 1.46. The molecule has 0 saturated heterocycles. The van der Waals surface area contributed by atoms with Crippen LogP contribution in [0.1, 0.15) is 45.1 Å². The van der Waals surface area contributed by atoms with Crippen molar-refractivity contribution in [2.75, 3.05) is 0 Å². The largest absolute Gasteiger partial charge is 0.323 e. The number of nitrogens with zero attached hydrogens (tertiary/aromatic N) is 2. The average Bonchev–Trinajstić information content (AvgIpc) is 2.64. The zero-order valence-electron chi connectivity index (χ0n) is 12.3. The number of halogens is 1. The number of benzene rings is 1. The summed E-state index contributed by atoms with van der Waals surface area (Å²) in [7, 11) is 0. The van der Waals surface area contributed by atoms with Gasteiger partial charge >= 0.3 is 0 Å². The fourth-order valence-electron chi connectivity index (χ4n) is 3.49. The lowest BCUT2D eigenvalue weighted by atomic mass is 10.0.